The number of aryl methyl sites for hydroxylation is 2. The molecule has 0 aliphatic heterocycles. The number of hydrogen-bond acceptors (Lipinski definition) is 5. The van der Waals surface area contributed by atoms with Crippen molar-refractivity contribution in [3.8, 4) is 11.6 Å². The molecule has 0 N–H and O–H groups in total. The molecule has 6 nitrogen and oxygen atoms in total. The van der Waals surface area contributed by atoms with E-state index < -0.39 is 11.9 Å². The molecule has 3 aromatic heterocycles. The van der Waals surface area contributed by atoms with Crippen LogP contribution in [0.4, 0.5) is 13.2 Å². The fourth-order valence-corrected chi connectivity index (χ4v) is 3.07. The van der Waals surface area contributed by atoms with Gasteiger partial charge in [0, 0.05) is 11.1 Å². The molecule has 0 aliphatic carbocycles. The maximum Gasteiger partial charge on any atom is 0.435 e. The molecule has 29 heavy (non-hydrogen) atoms. The number of alkyl halides is 3. The van der Waals surface area contributed by atoms with Crippen molar-refractivity contribution in [2.45, 2.75) is 39.4 Å². The third-order valence-corrected chi connectivity index (χ3v) is 4.64. The van der Waals surface area contributed by atoms with Crippen molar-refractivity contribution in [1.82, 2.24) is 25.0 Å². The summed E-state index contributed by atoms with van der Waals surface area (Å²) in [5.74, 6) is 0.260. The Morgan fingerprint density at radius 1 is 1.07 bits per heavy atom. The third kappa shape index (κ3) is 3.85. The molecule has 4 rings (SSSR count). The average Bonchev–Trinajstić information content (AvgIpc) is 3.29. The Balaban J connectivity index is 1.56. The van der Waals surface area contributed by atoms with Gasteiger partial charge in [-0.05, 0) is 38.1 Å². The van der Waals surface area contributed by atoms with E-state index in [1.807, 2.05) is 31.2 Å². The lowest BCUT2D eigenvalue weighted by Crippen LogP contribution is -2.12. The summed E-state index contributed by atoms with van der Waals surface area (Å²) in [6.07, 6.45) is -4.48. The molecule has 0 fully saturated rings. The van der Waals surface area contributed by atoms with Gasteiger partial charge in [-0.3, -0.25) is 4.68 Å². The van der Waals surface area contributed by atoms with Crippen LogP contribution in [0.3, 0.4) is 0 Å². The van der Waals surface area contributed by atoms with Crippen molar-refractivity contribution < 1.29 is 17.6 Å². The van der Waals surface area contributed by atoms with E-state index in [0.29, 0.717) is 17.3 Å². The van der Waals surface area contributed by atoms with E-state index in [2.05, 4.69) is 20.3 Å². The first-order chi connectivity index (χ1) is 13.7. The molecule has 3 heterocycles. The van der Waals surface area contributed by atoms with Gasteiger partial charge in [0.1, 0.15) is 5.69 Å². The second kappa shape index (κ2) is 6.98. The zero-order valence-corrected chi connectivity index (χ0v) is 16.0. The molecule has 4 aromatic rings. The highest BCUT2D eigenvalue weighted by Gasteiger charge is 2.34. The summed E-state index contributed by atoms with van der Waals surface area (Å²) < 4.78 is 45.6. The molecule has 0 saturated heterocycles. The van der Waals surface area contributed by atoms with Gasteiger partial charge in [0.05, 0.1) is 18.0 Å². The van der Waals surface area contributed by atoms with Crippen LogP contribution in [0.25, 0.3) is 22.5 Å². The number of hydrogen-bond donors (Lipinski definition) is 0. The largest absolute Gasteiger partial charge is 0.435 e. The molecular weight excluding hydrogens is 383 g/mol. The average molecular weight is 401 g/mol. The number of aromatic nitrogens is 5. The standard InChI is InChI=1S/C20H18F3N5O/c1-11-4-6-15-14(8-11)5-7-16(24-15)19-26-25-18(29-19)12(2)10-28-13(3)9-17(27-28)20(21,22)23/h4-9,12H,10H2,1-3H3. The molecule has 1 atom stereocenters. The normalized spacial score (nSPS) is 13.2. The van der Waals surface area contributed by atoms with Crippen LogP contribution in [-0.2, 0) is 12.7 Å². The van der Waals surface area contributed by atoms with Gasteiger partial charge in [-0.1, -0.05) is 24.6 Å². The first-order valence-corrected chi connectivity index (χ1v) is 9.03. The van der Waals surface area contributed by atoms with Gasteiger partial charge in [0.2, 0.25) is 5.89 Å². The van der Waals surface area contributed by atoms with Crippen LogP contribution in [0, 0.1) is 13.8 Å². The Hall–Kier alpha value is -3.23. The summed E-state index contributed by atoms with van der Waals surface area (Å²) >= 11 is 0. The van der Waals surface area contributed by atoms with E-state index in [4.69, 9.17) is 4.42 Å². The van der Waals surface area contributed by atoms with Gasteiger partial charge in [0.25, 0.3) is 5.89 Å². The first kappa shape index (κ1) is 19.1. The van der Waals surface area contributed by atoms with Crippen molar-refractivity contribution >= 4 is 10.9 Å². The predicted molar refractivity (Wildman–Crippen MR) is 100 cm³/mol. The zero-order valence-electron chi connectivity index (χ0n) is 16.0. The Morgan fingerprint density at radius 2 is 1.86 bits per heavy atom. The molecule has 9 heteroatoms. The zero-order chi connectivity index (χ0) is 20.8. The molecular formula is C20H18F3N5O. The van der Waals surface area contributed by atoms with Gasteiger partial charge in [-0.15, -0.1) is 10.2 Å². The van der Waals surface area contributed by atoms with E-state index in [1.165, 1.54) is 4.68 Å². The Bertz CT molecular complexity index is 1180. The smallest absolute Gasteiger partial charge is 0.419 e. The van der Waals surface area contributed by atoms with Crippen molar-refractivity contribution in [1.29, 1.82) is 0 Å². The minimum atomic E-state index is -4.48. The Labute approximate surface area is 164 Å². The van der Waals surface area contributed by atoms with Crippen molar-refractivity contribution in [2.24, 2.45) is 0 Å². The maximum absolute atomic E-state index is 12.8. The van der Waals surface area contributed by atoms with Crippen molar-refractivity contribution in [3.63, 3.8) is 0 Å². The second-order valence-corrected chi connectivity index (χ2v) is 7.09. The number of nitrogens with zero attached hydrogens (tertiary/aromatic N) is 5. The van der Waals surface area contributed by atoms with Crippen molar-refractivity contribution in [3.05, 3.63) is 59.2 Å². The molecule has 0 spiro atoms. The van der Waals surface area contributed by atoms with Crippen LogP contribution in [0.2, 0.25) is 0 Å². The van der Waals surface area contributed by atoms with Crippen LogP contribution >= 0.6 is 0 Å². The number of pyridine rings is 1. The highest BCUT2D eigenvalue weighted by Crippen LogP contribution is 2.29. The van der Waals surface area contributed by atoms with Gasteiger partial charge in [-0.25, -0.2) is 4.98 Å². The van der Waals surface area contributed by atoms with E-state index >= 15 is 0 Å². The Kier molecular flexibility index (Phi) is 4.60. The monoisotopic (exact) mass is 401 g/mol. The van der Waals surface area contributed by atoms with Crippen LogP contribution < -0.4 is 0 Å². The summed E-state index contributed by atoms with van der Waals surface area (Å²) in [7, 11) is 0. The fourth-order valence-electron chi connectivity index (χ4n) is 3.07. The highest BCUT2D eigenvalue weighted by atomic mass is 19.4. The lowest BCUT2D eigenvalue weighted by Gasteiger charge is -2.09. The fraction of sp³-hybridized carbons (Fsp3) is 0.300. The SMILES string of the molecule is Cc1ccc2nc(-c3nnc(C(C)Cn4nc(C(F)(F)F)cc4C)o3)ccc2c1. The summed E-state index contributed by atoms with van der Waals surface area (Å²) in [6.45, 7) is 5.57. The van der Waals surface area contributed by atoms with E-state index in [-0.39, 0.29) is 18.4 Å². The lowest BCUT2D eigenvalue weighted by atomic mass is 10.1. The van der Waals surface area contributed by atoms with Gasteiger partial charge >= 0.3 is 6.18 Å². The quantitative estimate of drug-likeness (QED) is 0.485. The number of halogens is 3. The van der Waals surface area contributed by atoms with E-state index in [1.54, 1.807) is 19.9 Å². The molecule has 0 amide bonds. The maximum atomic E-state index is 12.8. The van der Waals surface area contributed by atoms with E-state index in [0.717, 1.165) is 22.5 Å². The van der Waals surface area contributed by atoms with Gasteiger partial charge in [0.15, 0.2) is 5.69 Å². The molecule has 0 aliphatic rings. The molecule has 0 bridgehead atoms. The van der Waals surface area contributed by atoms with E-state index in [9.17, 15) is 13.2 Å². The first-order valence-electron chi connectivity index (χ1n) is 9.03. The van der Waals surface area contributed by atoms with Gasteiger partial charge < -0.3 is 4.42 Å². The molecule has 0 saturated carbocycles. The summed E-state index contributed by atoms with van der Waals surface area (Å²) in [6, 6.07) is 10.7. The Morgan fingerprint density at radius 3 is 2.59 bits per heavy atom. The summed E-state index contributed by atoms with van der Waals surface area (Å²) in [4.78, 5) is 4.55. The predicted octanol–water partition coefficient (Wildman–Crippen LogP) is 4.92. The topological polar surface area (TPSA) is 69.6 Å². The minimum Gasteiger partial charge on any atom is -0.419 e. The number of fused-ring (bicyclic) bond motifs is 1. The van der Waals surface area contributed by atoms with Crippen LogP contribution in [0.5, 0.6) is 0 Å². The van der Waals surface area contributed by atoms with Gasteiger partial charge in [-0.2, -0.15) is 18.3 Å². The summed E-state index contributed by atoms with van der Waals surface area (Å²) in [5, 5.41) is 12.8. The van der Waals surface area contributed by atoms with Crippen LogP contribution in [-0.4, -0.2) is 25.0 Å². The summed E-state index contributed by atoms with van der Waals surface area (Å²) in [5.41, 5.74) is 2.00. The second-order valence-electron chi connectivity index (χ2n) is 7.09. The highest BCUT2D eigenvalue weighted by molar-refractivity contribution is 5.81. The van der Waals surface area contributed by atoms with Crippen LogP contribution in [0.1, 0.15) is 35.7 Å². The lowest BCUT2D eigenvalue weighted by molar-refractivity contribution is -0.141. The molecule has 1 aromatic carbocycles. The molecule has 0 radical (unpaired) electrons. The molecule has 1 unspecified atom stereocenters. The molecule has 150 valence electrons. The number of benzene rings is 1. The minimum absolute atomic E-state index is 0.188. The van der Waals surface area contributed by atoms with Crippen LogP contribution in [0.15, 0.2) is 40.8 Å². The number of rotatable bonds is 4. The van der Waals surface area contributed by atoms with Crippen molar-refractivity contribution in [2.75, 3.05) is 0 Å². The third-order valence-electron chi connectivity index (χ3n) is 4.64.